The number of carbonyl (C=O) groups is 2. The monoisotopic (exact) mass is 424 g/mol. The molecule has 0 saturated carbocycles. The van der Waals surface area contributed by atoms with Gasteiger partial charge in [-0.3, -0.25) is 9.59 Å². The average molecular weight is 424 g/mol. The van der Waals surface area contributed by atoms with Gasteiger partial charge in [-0.25, -0.2) is 0 Å². The van der Waals surface area contributed by atoms with Gasteiger partial charge in [0.15, 0.2) is 11.5 Å². The van der Waals surface area contributed by atoms with Crippen molar-refractivity contribution in [1.29, 1.82) is 0 Å². The summed E-state index contributed by atoms with van der Waals surface area (Å²) < 4.78 is 16.0. The quantitative estimate of drug-likeness (QED) is 0.703. The fourth-order valence-electron chi connectivity index (χ4n) is 4.20. The van der Waals surface area contributed by atoms with Crippen LogP contribution in [0.25, 0.3) is 0 Å². The van der Waals surface area contributed by atoms with Crippen LogP contribution < -0.4 is 19.5 Å². The van der Waals surface area contributed by atoms with Crippen molar-refractivity contribution in [3.05, 3.63) is 53.6 Å². The summed E-state index contributed by atoms with van der Waals surface area (Å²) >= 11 is 0. The van der Waals surface area contributed by atoms with Crippen molar-refractivity contribution in [2.45, 2.75) is 38.8 Å². The van der Waals surface area contributed by atoms with Crippen LogP contribution in [-0.4, -0.2) is 37.2 Å². The SMILES string of the molecule is CCCCN1C(=O)CC(C(=O)NCc2ccc3c(c2)OCO3)C1c1ccc(OC)cc1. The summed E-state index contributed by atoms with van der Waals surface area (Å²) in [5, 5.41) is 3.01. The van der Waals surface area contributed by atoms with Crippen LogP contribution in [0.5, 0.6) is 17.2 Å². The maximum atomic E-state index is 13.2. The van der Waals surface area contributed by atoms with Gasteiger partial charge in [0, 0.05) is 19.5 Å². The number of hydrogen-bond donors (Lipinski definition) is 1. The standard InChI is InChI=1S/C24H28N2O5/c1-3-4-11-26-22(27)13-19(23(26)17-6-8-18(29-2)9-7-17)24(28)25-14-16-5-10-20-21(12-16)31-15-30-20/h5-10,12,19,23H,3-4,11,13-15H2,1-2H3,(H,25,28). The van der Waals surface area contributed by atoms with Crippen LogP contribution in [0.15, 0.2) is 42.5 Å². The Hall–Kier alpha value is -3.22. The highest BCUT2D eigenvalue weighted by molar-refractivity contribution is 5.90. The van der Waals surface area contributed by atoms with Crippen LogP contribution in [0.3, 0.4) is 0 Å². The van der Waals surface area contributed by atoms with Crippen LogP contribution in [0, 0.1) is 5.92 Å². The summed E-state index contributed by atoms with van der Waals surface area (Å²) in [6.07, 6.45) is 2.11. The van der Waals surface area contributed by atoms with E-state index >= 15 is 0 Å². The first-order valence-electron chi connectivity index (χ1n) is 10.7. The smallest absolute Gasteiger partial charge is 0.231 e. The number of unbranched alkanes of at least 4 members (excludes halogenated alkanes) is 1. The van der Waals surface area contributed by atoms with Crippen LogP contribution in [0.1, 0.15) is 43.4 Å². The van der Waals surface area contributed by atoms with Crippen molar-refractivity contribution in [2.24, 2.45) is 5.92 Å². The maximum Gasteiger partial charge on any atom is 0.231 e. The Bertz CT molecular complexity index is 943. The second kappa shape index (κ2) is 9.29. The molecule has 1 fully saturated rings. The van der Waals surface area contributed by atoms with E-state index in [2.05, 4.69) is 12.2 Å². The Morgan fingerprint density at radius 2 is 1.94 bits per heavy atom. The largest absolute Gasteiger partial charge is 0.497 e. The lowest BCUT2D eigenvalue weighted by atomic mass is 9.92. The number of likely N-dealkylation sites (tertiary alicyclic amines) is 1. The molecule has 164 valence electrons. The first kappa shape index (κ1) is 21.0. The molecule has 7 nitrogen and oxygen atoms in total. The molecule has 0 spiro atoms. The zero-order valence-electron chi connectivity index (χ0n) is 17.9. The minimum atomic E-state index is -0.438. The molecule has 2 unspecified atom stereocenters. The second-order valence-electron chi connectivity index (χ2n) is 7.87. The summed E-state index contributed by atoms with van der Waals surface area (Å²) in [5.74, 6) is 1.61. The molecule has 31 heavy (non-hydrogen) atoms. The van der Waals surface area contributed by atoms with Crippen molar-refractivity contribution in [3.63, 3.8) is 0 Å². The van der Waals surface area contributed by atoms with E-state index in [0.29, 0.717) is 24.6 Å². The lowest BCUT2D eigenvalue weighted by molar-refractivity contribution is -0.129. The summed E-state index contributed by atoms with van der Waals surface area (Å²) in [4.78, 5) is 27.8. The van der Waals surface area contributed by atoms with Gasteiger partial charge in [0.05, 0.1) is 19.1 Å². The molecule has 7 heteroatoms. The Morgan fingerprint density at radius 3 is 2.68 bits per heavy atom. The number of fused-ring (bicyclic) bond motifs is 1. The Labute approximate surface area is 182 Å². The van der Waals surface area contributed by atoms with Gasteiger partial charge in [0.1, 0.15) is 5.75 Å². The topological polar surface area (TPSA) is 77.1 Å². The normalized spacial score (nSPS) is 19.5. The summed E-state index contributed by atoms with van der Waals surface area (Å²) in [6.45, 7) is 3.33. The molecule has 2 amide bonds. The fourth-order valence-corrected chi connectivity index (χ4v) is 4.20. The first-order valence-corrected chi connectivity index (χ1v) is 10.7. The van der Waals surface area contributed by atoms with Gasteiger partial charge in [0.2, 0.25) is 18.6 Å². The molecule has 0 aliphatic carbocycles. The average Bonchev–Trinajstić information content (AvgIpc) is 3.39. The number of amides is 2. The third-order valence-corrected chi connectivity index (χ3v) is 5.88. The Morgan fingerprint density at radius 1 is 1.16 bits per heavy atom. The van der Waals surface area contributed by atoms with Gasteiger partial charge in [-0.05, 0) is 41.8 Å². The number of nitrogens with one attached hydrogen (secondary N) is 1. The van der Waals surface area contributed by atoms with Gasteiger partial charge in [-0.2, -0.15) is 0 Å². The van der Waals surface area contributed by atoms with Crippen LogP contribution >= 0.6 is 0 Å². The lowest BCUT2D eigenvalue weighted by Gasteiger charge is -2.28. The number of rotatable bonds is 8. The van der Waals surface area contributed by atoms with Crippen LogP contribution in [-0.2, 0) is 16.1 Å². The molecule has 0 radical (unpaired) electrons. The summed E-state index contributed by atoms with van der Waals surface area (Å²) in [6, 6.07) is 13.0. The predicted molar refractivity (Wildman–Crippen MR) is 115 cm³/mol. The summed E-state index contributed by atoms with van der Waals surface area (Å²) in [5.41, 5.74) is 1.87. The lowest BCUT2D eigenvalue weighted by Crippen LogP contribution is -2.35. The van der Waals surface area contributed by atoms with E-state index < -0.39 is 5.92 Å². The number of nitrogens with zero attached hydrogens (tertiary/aromatic N) is 1. The highest BCUT2D eigenvalue weighted by Gasteiger charge is 2.44. The second-order valence-corrected chi connectivity index (χ2v) is 7.87. The molecule has 2 aromatic rings. The van der Waals surface area contributed by atoms with E-state index in [4.69, 9.17) is 14.2 Å². The Kier molecular flexibility index (Phi) is 6.30. The molecule has 1 N–H and O–H groups in total. The molecule has 2 heterocycles. The Balaban J connectivity index is 1.50. The fraction of sp³-hybridized carbons (Fsp3) is 0.417. The number of hydrogen-bond acceptors (Lipinski definition) is 5. The van der Waals surface area contributed by atoms with E-state index in [9.17, 15) is 9.59 Å². The molecule has 2 aliphatic rings. The highest BCUT2D eigenvalue weighted by Crippen LogP contribution is 2.39. The van der Waals surface area contributed by atoms with Crippen molar-refractivity contribution in [2.75, 3.05) is 20.4 Å². The van der Waals surface area contributed by atoms with Crippen molar-refractivity contribution < 1.29 is 23.8 Å². The third kappa shape index (κ3) is 4.45. The summed E-state index contributed by atoms with van der Waals surface area (Å²) in [7, 11) is 1.62. The van der Waals surface area contributed by atoms with Gasteiger partial charge in [-0.15, -0.1) is 0 Å². The highest BCUT2D eigenvalue weighted by atomic mass is 16.7. The van der Waals surface area contributed by atoms with E-state index in [1.807, 2.05) is 47.4 Å². The van der Waals surface area contributed by atoms with Crippen molar-refractivity contribution in [1.82, 2.24) is 10.2 Å². The van der Waals surface area contributed by atoms with Gasteiger partial charge in [-0.1, -0.05) is 31.5 Å². The van der Waals surface area contributed by atoms with Crippen LogP contribution in [0.2, 0.25) is 0 Å². The predicted octanol–water partition coefficient (Wildman–Crippen LogP) is 3.43. The minimum Gasteiger partial charge on any atom is -0.497 e. The molecule has 1 saturated heterocycles. The number of methoxy groups -OCH3 is 1. The number of ether oxygens (including phenoxy) is 3. The molecule has 0 aromatic heterocycles. The molecular weight excluding hydrogens is 396 g/mol. The van der Waals surface area contributed by atoms with Gasteiger partial charge >= 0.3 is 0 Å². The van der Waals surface area contributed by atoms with Gasteiger partial charge < -0.3 is 24.4 Å². The zero-order chi connectivity index (χ0) is 21.8. The third-order valence-electron chi connectivity index (χ3n) is 5.88. The number of carbonyl (C=O) groups excluding carboxylic acids is 2. The molecular formula is C24H28N2O5. The number of benzene rings is 2. The van der Waals surface area contributed by atoms with E-state index in [1.165, 1.54) is 0 Å². The molecule has 4 rings (SSSR count). The zero-order valence-corrected chi connectivity index (χ0v) is 17.9. The minimum absolute atomic E-state index is 0.0255. The molecule has 2 atom stereocenters. The van der Waals surface area contributed by atoms with Crippen LogP contribution in [0.4, 0.5) is 0 Å². The maximum absolute atomic E-state index is 13.2. The van der Waals surface area contributed by atoms with E-state index in [1.54, 1.807) is 7.11 Å². The van der Waals surface area contributed by atoms with Crippen molar-refractivity contribution in [3.8, 4) is 17.2 Å². The van der Waals surface area contributed by atoms with Crippen molar-refractivity contribution >= 4 is 11.8 Å². The molecule has 0 bridgehead atoms. The van der Waals surface area contributed by atoms with Gasteiger partial charge in [0.25, 0.3) is 0 Å². The first-order chi connectivity index (χ1) is 15.1. The van der Waals surface area contributed by atoms with E-state index in [-0.39, 0.29) is 31.1 Å². The van der Waals surface area contributed by atoms with E-state index in [0.717, 1.165) is 29.7 Å². The molecule has 2 aliphatic heterocycles. The molecule has 2 aromatic carbocycles.